The van der Waals surface area contributed by atoms with Crippen molar-refractivity contribution < 1.29 is 69.2 Å². The molecule has 12 nitrogen and oxygen atoms in total. The predicted molar refractivity (Wildman–Crippen MR) is 134 cm³/mol. The molecule has 3 aromatic heterocycles. The van der Waals surface area contributed by atoms with Crippen molar-refractivity contribution in [2.75, 3.05) is 18.4 Å². The third-order valence-corrected chi connectivity index (χ3v) is 5.58. The number of aromatic amines is 1. The van der Waals surface area contributed by atoms with Gasteiger partial charge in [0, 0.05) is 29.4 Å². The molecule has 0 saturated carbocycles. The quantitative estimate of drug-likeness (QED) is 0.151. The molecular weight excluding hydrogens is 639 g/mol. The largest absolute Gasteiger partial charge is 0.490 e. The average Bonchev–Trinajstić information content (AvgIpc) is 3.34. The van der Waals surface area contributed by atoms with Crippen molar-refractivity contribution in [1.82, 2.24) is 25.3 Å². The van der Waals surface area contributed by atoms with Gasteiger partial charge in [0.15, 0.2) is 0 Å². The second-order valence-electron chi connectivity index (χ2n) is 8.72. The fraction of sp³-hybridized carbons (Fsp3) is 0.333. The molecule has 0 radical (unpaired) electrons. The number of carbonyl (C=O) groups is 3. The first-order chi connectivity index (χ1) is 20.7. The van der Waals surface area contributed by atoms with Gasteiger partial charge in [-0.1, -0.05) is 0 Å². The summed E-state index contributed by atoms with van der Waals surface area (Å²) in [7, 11) is 0. The number of nitrogens with zero attached hydrogens (tertiary/aromatic N) is 3. The van der Waals surface area contributed by atoms with E-state index in [-0.39, 0.29) is 0 Å². The fourth-order valence-electron chi connectivity index (χ4n) is 3.61. The molecule has 0 spiro atoms. The highest BCUT2D eigenvalue weighted by Gasteiger charge is 2.39. The number of imidazole rings is 1. The Morgan fingerprint density at radius 2 is 1.29 bits per heavy atom. The van der Waals surface area contributed by atoms with Gasteiger partial charge in [0.25, 0.3) is 0 Å². The SMILES string of the molecule is O=C(O)C(F)(F)F.O=C(O)C(F)(F)F.O=C(O)C(F)(F)F.c1cnc2c(c1)-c1nc(C3CCNCC3)[nH]c1-c1ccncc1N2. The minimum absolute atomic E-state index is 0.483. The van der Waals surface area contributed by atoms with Gasteiger partial charge in [0.1, 0.15) is 17.3 Å². The van der Waals surface area contributed by atoms with E-state index in [4.69, 9.17) is 34.7 Å². The van der Waals surface area contributed by atoms with Crippen molar-refractivity contribution in [1.29, 1.82) is 0 Å². The number of hydrogen-bond donors (Lipinski definition) is 6. The third kappa shape index (κ3) is 10.6. The highest BCUT2D eigenvalue weighted by Crippen LogP contribution is 2.42. The molecule has 0 atom stereocenters. The number of alkyl halides is 9. The van der Waals surface area contributed by atoms with Gasteiger partial charge >= 0.3 is 36.4 Å². The molecule has 0 unspecified atom stereocenters. The van der Waals surface area contributed by atoms with Crippen LogP contribution in [0.2, 0.25) is 0 Å². The van der Waals surface area contributed by atoms with E-state index in [1.807, 2.05) is 24.5 Å². The first kappa shape index (κ1) is 36.2. The maximum absolute atomic E-state index is 10.6. The molecule has 1 saturated heterocycles. The van der Waals surface area contributed by atoms with Crippen LogP contribution in [0.25, 0.3) is 22.5 Å². The second-order valence-corrected chi connectivity index (χ2v) is 8.72. The number of aliphatic carboxylic acids is 3. The number of rotatable bonds is 1. The Morgan fingerprint density at radius 3 is 1.78 bits per heavy atom. The zero-order valence-corrected chi connectivity index (χ0v) is 22.2. The van der Waals surface area contributed by atoms with E-state index in [0.717, 1.165) is 65.8 Å². The zero-order valence-electron chi connectivity index (χ0n) is 22.2. The van der Waals surface area contributed by atoms with E-state index in [1.54, 1.807) is 6.20 Å². The molecule has 0 bridgehead atoms. The molecule has 21 heteroatoms. The van der Waals surface area contributed by atoms with E-state index < -0.39 is 36.4 Å². The molecule has 2 aliphatic rings. The van der Waals surface area contributed by atoms with Crippen LogP contribution in [0.3, 0.4) is 0 Å². The number of H-pyrrole nitrogens is 1. The monoisotopic (exact) mass is 660 g/mol. The van der Waals surface area contributed by atoms with Crippen molar-refractivity contribution in [3.63, 3.8) is 0 Å². The van der Waals surface area contributed by atoms with E-state index in [2.05, 4.69) is 31.7 Å². The highest BCUT2D eigenvalue weighted by atomic mass is 19.4. The average molecular weight is 660 g/mol. The summed E-state index contributed by atoms with van der Waals surface area (Å²) in [6, 6.07) is 6.05. The molecule has 6 N–H and O–H groups in total. The number of pyridine rings is 2. The Balaban J connectivity index is 0.000000277. The van der Waals surface area contributed by atoms with Gasteiger partial charge in [0.2, 0.25) is 0 Å². The lowest BCUT2D eigenvalue weighted by Gasteiger charge is -2.20. The summed E-state index contributed by atoms with van der Waals surface area (Å²) in [5, 5.41) is 28.2. The zero-order chi connectivity index (χ0) is 34.2. The number of carboxylic acids is 3. The number of fused-ring (bicyclic) bond motifs is 5. The minimum Gasteiger partial charge on any atom is -0.475 e. The highest BCUT2D eigenvalue weighted by molar-refractivity contribution is 5.94. The summed E-state index contributed by atoms with van der Waals surface area (Å²) >= 11 is 0. The lowest BCUT2D eigenvalue weighted by atomic mass is 9.97. The molecule has 246 valence electrons. The Kier molecular flexibility index (Phi) is 11.8. The van der Waals surface area contributed by atoms with Crippen LogP contribution >= 0.6 is 0 Å². The number of piperidine rings is 1. The molecular formula is C24H21F9N6O6. The smallest absolute Gasteiger partial charge is 0.475 e. The molecule has 0 aromatic carbocycles. The van der Waals surface area contributed by atoms with Crippen LogP contribution in [0, 0.1) is 0 Å². The fourth-order valence-corrected chi connectivity index (χ4v) is 3.61. The van der Waals surface area contributed by atoms with Gasteiger partial charge in [-0.2, -0.15) is 39.5 Å². The van der Waals surface area contributed by atoms with Crippen LogP contribution in [0.5, 0.6) is 0 Å². The van der Waals surface area contributed by atoms with Crippen molar-refractivity contribution in [3.05, 3.63) is 42.6 Å². The molecule has 3 aromatic rings. The van der Waals surface area contributed by atoms with Crippen LogP contribution in [-0.4, -0.2) is 84.8 Å². The summed E-state index contributed by atoms with van der Waals surface area (Å²) in [6.07, 6.45) is -7.55. The third-order valence-electron chi connectivity index (χ3n) is 5.58. The van der Waals surface area contributed by atoms with Crippen LogP contribution in [0.1, 0.15) is 24.6 Å². The van der Waals surface area contributed by atoms with E-state index in [1.165, 1.54) is 0 Å². The summed E-state index contributed by atoms with van der Waals surface area (Å²) in [4.78, 5) is 44.0. The Bertz CT molecular complexity index is 1370. The molecule has 5 heterocycles. The van der Waals surface area contributed by atoms with E-state index >= 15 is 0 Å². The summed E-state index contributed by atoms with van der Waals surface area (Å²) in [5.74, 6) is -5.88. The van der Waals surface area contributed by atoms with Crippen molar-refractivity contribution >= 4 is 29.4 Å². The summed E-state index contributed by atoms with van der Waals surface area (Å²) in [6.45, 7) is 2.10. The van der Waals surface area contributed by atoms with Crippen LogP contribution in [-0.2, 0) is 14.4 Å². The van der Waals surface area contributed by atoms with Gasteiger partial charge in [0.05, 0.1) is 17.6 Å². The molecule has 5 rings (SSSR count). The van der Waals surface area contributed by atoms with Gasteiger partial charge in [-0.25, -0.2) is 24.4 Å². The number of aromatic nitrogens is 4. The molecule has 0 aliphatic carbocycles. The lowest BCUT2D eigenvalue weighted by molar-refractivity contribution is -0.193. The van der Waals surface area contributed by atoms with Crippen LogP contribution in [0.15, 0.2) is 36.8 Å². The van der Waals surface area contributed by atoms with Crippen LogP contribution in [0.4, 0.5) is 51.0 Å². The molecule has 45 heavy (non-hydrogen) atoms. The van der Waals surface area contributed by atoms with Crippen molar-refractivity contribution in [3.8, 4) is 22.5 Å². The van der Waals surface area contributed by atoms with Gasteiger partial charge < -0.3 is 30.9 Å². The van der Waals surface area contributed by atoms with Gasteiger partial charge in [-0.3, -0.25) is 4.98 Å². The second kappa shape index (κ2) is 14.7. The normalized spacial score (nSPS) is 14.1. The first-order valence-electron chi connectivity index (χ1n) is 12.1. The first-order valence-corrected chi connectivity index (χ1v) is 12.1. The maximum Gasteiger partial charge on any atom is 0.490 e. The summed E-state index contributed by atoms with van der Waals surface area (Å²) in [5.41, 5.74) is 5.10. The number of carboxylic acid groups (broad SMARTS) is 3. The van der Waals surface area contributed by atoms with Gasteiger partial charge in [-0.15, -0.1) is 0 Å². The van der Waals surface area contributed by atoms with Crippen LogP contribution < -0.4 is 10.6 Å². The minimum atomic E-state index is -5.08. The molecule has 1 fully saturated rings. The summed E-state index contributed by atoms with van der Waals surface area (Å²) < 4.78 is 95.2. The lowest BCUT2D eigenvalue weighted by Crippen LogP contribution is -2.27. The molecule has 2 aliphatic heterocycles. The number of nitrogens with one attached hydrogen (secondary N) is 3. The standard InChI is InChI=1S/C18H18N6.3C2HF3O2/c1-2-13-16-15(23-17(24-16)11-3-7-19-8-4-11)12-5-9-20-10-14(12)22-18(13)21-6-1;3*3-2(4,5)1(6)7/h1-2,5-6,9-11,19H,3-4,7-8H2,(H,21,22)(H,23,24);3*(H,6,7). The number of anilines is 2. The predicted octanol–water partition coefficient (Wildman–Crippen LogP) is 4.96. The number of hydrogen-bond acceptors (Lipinski definition) is 8. The van der Waals surface area contributed by atoms with Crippen molar-refractivity contribution in [2.24, 2.45) is 0 Å². The van der Waals surface area contributed by atoms with Crippen molar-refractivity contribution in [2.45, 2.75) is 37.3 Å². The molecule has 0 amide bonds. The maximum atomic E-state index is 10.6. The topological polar surface area (TPSA) is 190 Å². The Morgan fingerprint density at radius 1 is 0.778 bits per heavy atom. The van der Waals surface area contributed by atoms with E-state index in [9.17, 15) is 39.5 Å². The van der Waals surface area contributed by atoms with Gasteiger partial charge in [-0.05, 0) is 44.1 Å². The van der Waals surface area contributed by atoms with E-state index in [0.29, 0.717) is 5.92 Å². The number of halogens is 9. The Labute approximate surface area is 245 Å². The Hall–Kier alpha value is -4.95.